The summed E-state index contributed by atoms with van der Waals surface area (Å²) in [4.78, 5) is 0. The number of alkyl halides is 3. The number of benzene rings is 7. The molecule has 0 spiro atoms. The fourth-order valence-electron chi connectivity index (χ4n) is 8.65. The van der Waals surface area contributed by atoms with Crippen molar-refractivity contribution in [3.05, 3.63) is 167 Å². The molecule has 0 saturated heterocycles. The van der Waals surface area contributed by atoms with E-state index in [9.17, 15) is 10.5 Å². The average molecular weight is 791 g/mol. The minimum atomic E-state index is -4.76. The number of nitriles is 2. The van der Waals surface area contributed by atoms with Crippen molar-refractivity contribution in [2.45, 2.75) is 58.5 Å². The van der Waals surface area contributed by atoms with Crippen molar-refractivity contribution >= 4 is 43.6 Å². The Kier molecular flexibility index (Phi) is 8.81. The first-order valence-corrected chi connectivity index (χ1v) is 20.0. The predicted molar refractivity (Wildman–Crippen MR) is 238 cm³/mol. The lowest BCUT2D eigenvalue weighted by Crippen LogP contribution is -2.10. The summed E-state index contributed by atoms with van der Waals surface area (Å²) in [5.74, 6) is 0. The molecule has 0 saturated carbocycles. The minimum absolute atomic E-state index is 0.0644. The lowest BCUT2D eigenvalue weighted by molar-refractivity contribution is -0.137. The van der Waals surface area contributed by atoms with E-state index >= 15 is 13.2 Å². The van der Waals surface area contributed by atoms with Crippen LogP contribution in [0.4, 0.5) is 13.2 Å². The molecule has 0 aliphatic heterocycles. The van der Waals surface area contributed by atoms with E-state index in [1.54, 1.807) is 18.2 Å². The van der Waals surface area contributed by atoms with E-state index in [1.807, 2.05) is 48.5 Å². The number of hydrogen-bond acceptors (Lipinski definition) is 2. The van der Waals surface area contributed by atoms with Crippen LogP contribution >= 0.6 is 0 Å². The molecule has 2 heterocycles. The largest absolute Gasteiger partial charge is 0.417 e. The molecule has 0 N–H and O–H groups in total. The van der Waals surface area contributed by atoms with E-state index < -0.39 is 11.7 Å². The summed E-state index contributed by atoms with van der Waals surface area (Å²) in [7, 11) is 0. The van der Waals surface area contributed by atoms with Crippen LogP contribution < -0.4 is 0 Å². The van der Waals surface area contributed by atoms with Crippen molar-refractivity contribution in [2.75, 3.05) is 0 Å². The first kappa shape index (κ1) is 38.4. The van der Waals surface area contributed by atoms with Crippen LogP contribution in [0.3, 0.4) is 0 Å². The predicted octanol–water partition coefficient (Wildman–Crippen LogP) is 14.6. The molecular formula is C53H41F3N4. The summed E-state index contributed by atoms with van der Waals surface area (Å²) in [6.45, 7) is 13.1. The van der Waals surface area contributed by atoms with Crippen molar-refractivity contribution in [1.82, 2.24) is 9.13 Å². The van der Waals surface area contributed by atoms with Crippen molar-refractivity contribution in [3.63, 3.8) is 0 Å². The Labute approximate surface area is 347 Å². The first-order valence-electron chi connectivity index (χ1n) is 20.0. The van der Waals surface area contributed by atoms with Crippen LogP contribution in [0, 0.1) is 22.7 Å². The highest BCUT2D eigenvalue weighted by Crippen LogP contribution is 2.46. The normalized spacial score (nSPS) is 12.4. The van der Waals surface area contributed by atoms with Crippen molar-refractivity contribution in [2.24, 2.45) is 0 Å². The summed E-state index contributed by atoms with van der Waals surface area (Å²) >= 11 is 0. The third-order valence-electron chi connectivity index (χ3n) is 11.7. The molecule has 60 heavy (non-hydrogen) atoms. The quantitative estimate of drug-likeness (QED) is 0.178. The molecule has 0 aliphatic carbocycles. The zero-order valence-electron chi connectivity index (χ0n) is 34.2. The molecule has 0 bridgehead atoms. The van der Waals surface area contributed by atoms with Gasteiger partial charge in [-0.3, -0.25) is 0 Å². The van der Waals surface area contributed by atoms with Gasteiger partial charge in [0.2, 0.25) is 0 Å². The second kappa shape index (κ2) is 13.8. The molecule has 7 aromatic carbocycles. The average Bonchev–Trinajstić information content (AvgIpc) is 3.74. The number of para-hydroxylation sites is 2. The molecule has 2 aromatic heterocycles. The van der Waals surface area contributed by atoms with Crippen molar-refractivity contribution in [3.8, 4) is 45.8 Å². The molecule has 0 fully saturated rings. The fourth-order valence-corrected chi connectivity index (χ4v) is 8.65. The number of rotatable bonds is 4. The molecule has 7 heteroatoms. The van der Waals surface area contributed by atoms with Gasteiger partial charge in [-0.05, 0) is 118 Å². The van der Waals surface area contributed by atoms with Crippen molar-refractivity contribution in [1.29, 1.82) is 10.5 Å². The number of aromatic nitrogens is 2. The minimum Gasteiger partial charge on any atom is -0.309 e. The van der Waals surface area contributed by atoms with E-state index in [4.69, 9.17) is 0 Å². The number of nitrogens with zero attached hydrogens (tertiary/aromatic N) is 4. The Hall–Kier alpha value is -7.09. The van der Waals surface area contributed by atoms with E-state index in [0.29, 0.717) is 27.9 Å². The van der Waals surface area contributed by atoms with Gasteiger partial charge in [-0.2, -0.15) is 23.7 Å². The monoisotopic (exact) mass is 790 g/mol. The molecule has 0 radical (unpaired) electrons. The lowest BCUT2D eigenvalue weighted by Gasteiger charge is -2.22. The zero-order chi connectivity index (χ0) is 42.3. The van der Waals surface area contributed by atoms with Gasteiger partial charge in [0, 0.05) is 32.8 Å². The number of hydrogen-bond donors (Lipinski definition) is 0. The Morgan fingerprint density at radius 1 is 0.433 bits per heavy atom. The molecule has 294 valence electrons. The van der Waals surface area contributed by atoms with Crippen LogP contribution in [-0.4, -0.2) is 9.13 Å². The van der Waals surface area contributed by atoms with Crippen LogP contribution in [-0.2, 0) is 17.0 Å². The first-order chi connectivity index (χ1) is 28.6. The van der Waals surface area contributed by atoms with E-state index in [1.165, 1.54) is 23.3 Å². The summed E-state index contributed by atoms with van der Waals surface area (Å²) in [5, 5.41) is 24.3. The van der Waals surface area contributed by atoms with Gasteiger partial charge in [-0.25, -0.2) is 0 Å². The lowest BCUT2D eigenvalue weighted by atomic mass is 9.86. The summed E-state index contributed by atoms with van der Waals surface area (Å²) in [5.41, 5.74) is 8.10. The second-order valence-electron chi connectivity index (χ2n) is 17.6. The SMILES string of the molecule is CC(C)(C)c1ccc2c(c1)c1ccccc1n2-c1ccc(-c2ccc(C#N)cc2C(F)(F)F)c(-c2cc(C#N)ccc2-n2c3ccccc3c3cc(C(C)(C)C)ccc32)c1. The van der Waals surface area contributed by atoms with Gasteiger partial charge in [-0.15, -0.1) is 0 Å². The van der Waals surface area contributed by atoms with Crippen molar-refractivity contribution < 1.29 is 13.2 Å². The highest BCUT2D eigenvalue weighted by Gasteiger charge is 2.35. The van der Waals surface area contributed by atoms with Gasteiger partial charge in [0.25, 0.3) is 0 Å². The van der Waals surface area contributed by atoms with Gasteiger partial charge < -0.3 is 9.13 Å². The van der Waals surface area contributed by atoms with Gasteiger partial charge in [0.1, 0.15) is 0 Å². The fraction of sp³-hybridized carbons (Fsp3) is 0.170. The third-order valence-corrected chi connectivity index (χ3v) is 11.7. The standard InChI is InChI=1S/C53H41F3N4/c1-51(2,3)34-17-23-48-43(27-34)39-11-7-9-13-46(39)59(48)36-19-21-37(38-20-15-33(31-58)26-45(38)53(54,55)56)41(29-36)42-25-32(30-57)16-22-49(42)60-47-14-10-8-12-40(47)44-28-35(52(4,5)6)18-24-50(44)60/h7-29H,1-6H3. The molecule has 0 unspecified atom stereocenters. The van der Waals surface area contributed by atoms with Crippen LogP contribution in [0.15, 0.2) is 140 Å². The topological polar surface area (TPSA) is 57.4 Å². The van der Waals surface area contributed by atoms with E-state index in [2.05, 4.69) is 117 Å². The molecule has 0 aliphatic rings. The van der Waals surface area contributed by atoms with Gasteiger partial charge in [0.15, 0.2) is 0 Å². The van der Waals surface area contributed by atoms with Crippen LogP contribution in [0.25, 0.3) is 77.2 Å². The molecular weight excluding hydrogens is 750 g/mol. The van der Waals surface area contributed by atoms with Crippen LogP contribution in [0.5, 0.6) is 0 Å². The molecule has 4 nitrogen and oxygen atoms in total. The molecule has 9 aromatic rings. The Balaban J connectivity index is 1.41. The maximum atomic E-state index is 15.1. The smallest absolute Gasteiger partial charge is 0.309 e. The number of halogens is 3. The maximum absolute atomic E-state index is 15.1. The second-order valence-corrected chi connectivity index (χ2v) is 17.6. The van der Waals surface area contributed by atoms with Gasteiger partial charge >= 0.3 is 6.18 Å². The Bertz CT molecular complexity index is 3300. The Morgan fingerprint density at radius 2 is 0.933 bits per heavy atom. The highest BCUT2D eigenvalue weighted by atomic mass is 19.4. The van der Waals surface area contributed by atoms with Crippen LogP contribution in [0.1, 0.15) is 69.4 Å². The van der Waals surface area contributed by atoms with Gasteiger partial charge in [0.05, 0.1) is 56.6 Å². The summed E-state index contributed by atoms with van der Waals surface area (Å²) < 4.78 is 49.6. The van der Waals surface area contributed by atoms with Crippen LogP contribution in [0.2, 0.25) is 0 Å². The third kappa shape index (κ3) is 6.30. The van der Waals surface area contributed by atoms with E-state index in [0.717, 1.165) is 55.4 Å². The summed E-state index contributed by atoms with van der Waals surface area (Å²) in [6, 6.07) is 48.2. The highest BCUT2D eigenvalue weighted by molar-refractivity contribution is 6.11. The molecule has 0 amide bonds. The number of fused-ring (bicyclic) bond motifs is 6. The van der Waals surface area contributed by atoms with E-state index in [-0.39, 0.29) is 22.0 Å². The summed E-state index contributed by atoms with van der Waals surface area (Å²) in [6.07, 6.45) is -4.76. The van der Waals surface area contributed by atoms with Gasteiger partial charge in [-0.1, -0.05) is 102 Å². The molecule has 0 atom stereocenters. The Morgan fingerprint density at radius 3 is 1.50 bits per heavy atom. The zero-order valence-corrected chi connectivity index (χ0v) is 34.2. The maximum Gasteiger partial charge on any atom is 0.417 e. The molecule has 9 rings (SSSR count).